The van der Waals surface area contributed by atoms with Crippen LogP contribution in [0.25, 0.3) is 5.57 Å². The molecular formula is C43H58N2Na2O11. The van der Waals surface area contributed by atoms with E-state index < -0.39 is 48.1 Å². The van der Waals surface area contributed by atoms with Gasteiger partial charge in [0.15, 0.2) is 0 Å². The summed E-state index contributed by atoms with van der Waals surface area (Å²) in [6, 6.07) is 3.85. The molecule has 5 N–H and O–H groups in total. The molecule has 2 aliphatic heterocycles. The van der Waals surface area contributed by atoms with E-state index in [1.54, 1.807) is 37.4 Å². The number of carboxylic acid groups (broad SMARTS) is 1. The molecule has 13 nitrogen and oxygen atoms in total. The molecule has 1 amide bonds. The van der Waals surface area contributed by atoms with E-state index in [9.17, 15) is 34.8 Å². The minimum absolute atomic E-state index is 0. The molecule has 1 aromatic carbocycles. The summed E-state index contributed by atoms with van der Waals surface area (Å²) in [7, 11) is 1.55. The number of benzene rings is 1. The maximum Gasteiger partial charge on any atom is 1.00 e. The van der Waals surface area contributed by atoms with Crippen molar-refractivity contribution in [2.45, 2.75) is 116 Å². The van der Waals surface area contributed by atoms with E-state index in [0.717, 1.165) is 35.0 Å². The molecule has 5 rings (SSSR count). The van der Waals surface area contributed by atoms with Crippen LogP contribution in [0.4, 0.5) is 0 Å². The van der Waals surface area contributed by atoms with Crippen LogP contribution < -0.4 is 74.9 Å². The summed E-state index contributed by atoms with van der Waals surface area (Å²) < 4.78 is 17.5. The number of carboxylic acids is 1. The van der Waals surface area contributed by atoms with Gasteiger partial charge in [0.25, 0.3) is 0 Å². The van der Waals surface area contributed by atoms with Crippen LogP contribution in [0.1, 0.15) is 102 Å². The molecule has 1 saturated heterocycles. The zero-order valence-corrected chi connectivity index (χ0v) is 39.6. The fourth-order valence-electron chi connectivity index (χ4n) is 6.35. The van der Waals surface area contributed by atoms with Gasteiger partial charge in [-0.25, -0.2) is 0 Å². The van der Waals surface area contributed by atoms with Gasteiger partial charge in [0.05, 0.1) is 31.1 Å². The molecular weight excluding hydrogens is 766 g/mol. The molecule has 0 spiro atoms. The van der Waals surface area contributed by atoms with Crippen molar-refractivity contribution in [3.63, 3.8) is 0 Å². The number of allylic oxidation sites excluding steroid dienone is 5. The molecule has 58 heavy (non-hydrogen) atoms. The maximum absolute atomic E-state index is 13.2. The number of aldehydes is 1. The quantitative estimate of drug-likeness (QED) is 0.0649. The molecule has 15 heteroatoms. The van der Waals surface area contributed by atoms with E-state index in [-0.39, 0.29) is 102 Å². The Labute approximate surface area is 387 Å². The number of aliphatic hydroxyl groups excluding tert-OH is 3. The van der Waals surface area contributed by atoms with E-state index in [2.05, 4.69) is 31.1 Å². The number of hydrogen-bond donors (Lipinski definition) is 5. The van der Waals surface area contributed by atoms with E-state index in [0.29, 0.717) is 24.2 Å². The first-order valence-electron chi connectivity index (χ1n) is 19.2. The number of hydrogen-bond acceptors (Lipinski definition) is 12. The first-order chi connectivity index (χ1) is 26.8. The Hall–Kier alpha value is -2.66. The minimum Gasteiger partial charge on any atom is -0.544 e. The van der Waals surface area contributed by atoms with Gasteiger partial charge in [0.2, 0.25) is 11.7 Å². The summed E-state index contributed by atoms with van der Waals surface area (Å²) in [6.45, 7) is 15.6. The van der Waals surface area contributed by atoms with Gasteiger partial charge >= 0.3 is 59.1 Å². The monoisotopic (exact) mass is 824 g/mol. The molecule has 0 aromatic heterocycles. The molecule has 2 aliphatic carbocycles. The van der Waals surface area contributed by atoms with Gasteiger partial charge in [-0.05, 0) is 62.1 Å². The van der Waals surface area contributed by atoms with E-state index in [1.807, 2.05) is 39.2 Å². The molecule has 308 valence electrons. The van der Waals surface area contributed by atoms with Crippen LogP contribution in [0.2, 0.25) is 0 Å². The van der Waals surface area contributed by atoms with Gasteiger partial charge < -0.3 is 59.7 Å². The molecule has 4 aliphatic rings. The number of rotatable bonds is 13. The Bertz CT molecular complexity index is 1700. The molecule has 2 heterocycles. The van der Waals surface area contributed by atoms with Gasteiger partial charge in [0, 0.05) is 24.6 Å². The second-order valence-electron chi connectivity index (χ2n) is 13.1. The van der Waals surface area contributed by atoms with Crippen LogP contribution in [0.3, 0.4) is 0 Å². The number of unbranched alkanes of at least 4 members (excludes halogenated alkanes) is 1. The molecule has 1 aromatic rings. The number of carbonyl (C=O) groups excluding carboxylic acids is 4. The predicted molar refractivity (Wildman–Crippen MR) is 212 cm³/mol. The second kappa shape index (κ2) is 28.0. The molecule has 4 unspecified atom stereocenters. The molecule has 0 radical (unpaired) electrons. The van der Waals surface area contributed by atoms with E-state index in [4.69, 9.17) is 19.0 Å². The van der Waals surface area contributed by atoms with Crippen molar-refractivity contribution in [1.29, 1.82) is 0 Å². The van der Waals surface area contributed by atoms with Crippen molar-refractivity contribution in [3.8, 4) is 0 Å². The topological polar surface area (TPSA) is 204 Å². The Morgan fingerprint density at radius 1 is 1.19 bits per heavy atom. The molecule has 0 saturated carbocycles. The zero-order valence-electron chi connectivity index (χ0n) is 35.6. The van der Waals surface area contributed by atoms with E-state index >= 15 is 0 Å². The van der Waals surface area contributed by atoms with E-state index in [1.165, 1.54) is 19.4 Å². The first kappa shape index (κ1) is 55.3. The van der Waals surface area contributed by atoms with Gasteiger partial charge in [-0.2, -0.15) is 0 Å². The summed E-state index contributed by atoms with van der Waals surface area (Å²) in [6.07, 6.45) is 9.72. The van der Waals surface area contributed by atoms with Crippen molar-refractivity contribution in [3.05, 3.63) is 100 Å². The zero-order chi connectivity index (χ0) is 42.0. The number of aliphatic hydroxyl groups is 3. The summed E-state index contributed by atoms with van der Waals surface area (Å²) in [5.74, 6) is -3.79. The van der Waals surface area contributed by atoms with Crippen molar-refractivity contribution in [2.75, 3.05) is 20.2 Å². The third-order valence-electron chi connectivity index (χ3n) is 8.86. The van der Waals surface area contributed by atoms with Crippen LogP contribution in [0.15, 0.2) is 83.4 Å². The fourth-order valence-corrected chi connectivity index (χ4v) is 6.35. The van der Waals surface area contributed by atoms with Crippen molar-refractivity contribution >= 4 is 30.0 Å². The van der Waals surface area contributed by atoms with Crippen LogP contribution in [-0.4, -0.2) is 96.2 Å². The number of amides is 1. The van der Waals surface area contributed by atoms with Gasteiger partial charge in [-0.1, -0.05) is 77.8 Å². The normalized spacial score (nSPS) is 23.1. The second-order valence-corrected chi connectivity index (χ2v) is 13.1. The SMILES string of the molecule is C=C1C=C2OC3C=C(O)C=CC3=C(c3ccc(C(=O)NCCC(O)C4O[C@@](OCCCC)(C(=O)[O-])CC(O)[C@H]4NC)cc3[C-]=O)C2=CC1.CC.CC=O.CCC.[Na+].[Na+]. The van der Waals surface area contributed by atoms with Crippen molar-refractivity contribution in [2.24, 2.45) is 0 Å². The predicted octanol–water partition coefficient (Wildman–Crippen LogP) is -1.78. The number of carbonyl (C=O) groups is 3. The number of ether oxygens (including phenoxy) is 3. The largest absolute Gasteiger partial charge is 1.00 e. The van der Waals surface area contributed by atoms with Gasteiger partial charge in [-0.3, -0.25) is 4.79 Å². The molecule has 0 bridgehead atoms. The van der Waals surface area contributed by atoms with Crippen LogP contribution in [-0.2, 0) is 28.6 Å². The number of aliphatic carboxylic acids is 1. The number of nitrogens with one attached hydrogen (secondary N) is 2. The maximum atomic E-state index is 13.2. The Kier molecular flexibility index (Phi) is 26.7. The third-order valence-corrected chi connectivity index (χ3v) is 8.86. The number of likely N-dealkylation sites (N-methyl/N-ethyl adjacent to an activating group) is 1. The van der Waals surface area contributed by atoms with Gasteiger partial charge in [0.1, 0.15) is 36.0 Å². The summed E-state index contributed by atoms with van der Waals surface area (Å²) in [4.78, 5) is 46.3. The summed E-state index contributed by atoms with van der Waals surface area (Å²) >= 11 is 0. The van der Waals surface area contributed by atoms with Crippen molar-refractivity contribution in [1.82, 2.24) is 10.6 Å². The van der Waals surface area contributed by atoms with Crippen LogP contribution >= 0.6 is 0 Å². The Morgan fingerprint density at radius 2 is 1.84 bits per heavy atom. The fraction of sp³-hybridized carbons (Fsp3) is 0.488. The molecule has 1 fully saturated rings. The Balaban J connectivity index is 0.00000302. The Morgan fingerprint density at radius 3 is 2.43 bits per heavy atom. The average molecular weight is 825 g/mol. The standard InChI is InChI=1S/C36H41N2O10.C3H8.C2H4O.C2H6.2Na/c1-4-5-14-46-36(35(44)45)18-28(42)32(37-3)33(48-36)27(41)12-13-38-34(43)21-7-10-24(22(16-21)19-39)31-25-9-6-20(2)15-29(25)47-30-17-23(40)8-11-26(30)31;1-3-2;1-2-3;1-2;;/h7-11,15-17,27-28,30,32-33,37,40-42H,2,4-6,12-14,18H2,1,3H3,(H,38,43)(H,44,45);3H2,1-2H3;2H,1H3;1-2H3;;/q-1;;;;2*+1/p-1/t27?,28?,30?,32-,33?,36-;;;;;/m1...../s1. The summed E-state index contributed by atoms with van der Waals surface area (Å²) in [5, 5.41) is 49.6. The molecule has 6 atom stereocenters. The van der Waals surface area contributed by atoms with Crippen molar-refractivity contribution < 1.29 is 113 Å². The minimum atomic E-state index is -2.23. The third kappa shape index (κ3) is 14.5. The summed E-state index contributed by atoms with van der Waals surface area (Å²) in [5.41, 5.74) is 3.93. The van der Waals surface area contributed by atoms with Crippen LogP contribution in [0.5, 0.6) is 0 Å². The average Bonchev–Trinajstić information content (AvgIpc) is 3.17. The van der Waals surface area contributed by atoms with Crippen LogP contribution in [0, 0.1) is 0 Å². The van der Waals surface area contributed by atoms with Gasteiger partial charge in [-0.15, -0.1) is 23.3 Å². The number of fused-ring (bicyclic) bond motifs is 2. The first-order valence-corrected chi connectivity index (χ1v) is 19.2. The smallest absolute Gasteiger partial charge is 0.544 e.